The van der Waals surface area contributed by atoms with Gasteiger partial charge in [0.2, 0.25) is 5.88 Å². The van der Waals surface area contributed by atoms with Gasteiger partial charge >= 0.3 is 0 Å². The highest BCUT2D eigenvalue weighted by molar-refractivity contribution is 6.34. The van der Waals surface area contributed by atoms with Crippen molar-refractivity contribution in [1.29, 1.82) is 0 Å². The molecule has 6 heteroatoms. The maximum atomic E-state index is 5.96. The van der Waals surface area contributed by atoms with Crippen molar-refractivity contribution in [3.05, 3.63) is 45.6 Å². The number of halogens is 2. The van der Waals surface area contributed by atoms with Crippen molar-refractivity contribution >= 4 is 23.2 Å². The Labute approximate surface area is 115 Å². The van der Waals surface area contributed by atoms with Crippen LogP contribution in [-0.2, 0) is 6.42 Å². The third-order valence-corrected chi connectivity index (χ3v) is 3.18. The maximum Gasteiger partial charge on any atom is 0.212 e. The number of hydrogen-bond donors (Lipinski definition) is 0. The van der Waals surface area contributed by atoms with Gasteiger partial charge in [-0.1, -0.05) is 29.3 Å². The summed E-state index contributed by atoms with van der Waals surface area (Å²) in [6, 6.07) is 3.68. The SMILES string of the molecule is COc1ccc(Cc2nc(Cl)c(C)c(Cl)n2)cn1. The summed E-state index contributed by atoms with van der Waals surface area (Å²) in [5.41, 5.74) is 1.65. The second-order valence-corrected chi connectivity index (χ2v) is 4.45. The highest BCUT2D eigenvalue weighted by Gasteiger charge is 2.08. The van der Waals surface area contributed by atoms with Crippen LogP contribution in [0.5, 0.6) is 5.88 Å². The molecule has 94 valence electrons. The third kappa shape index (κ3) is 2.89. The summed E-state index contributed by atoms with van der Waals surface area (Å²) in [5.74, 6) is 1.14. The van der Waals surface area contributed by atoms with E-state index in [2.05, 4.69) is 15.0 Å². The van der Waals surface area contributed by atoms with E-state index in [0.29, 0.717) is 34.0 Å². The van der Waals surface area contributed by atoms with Crippen LogP contribution in [0, 0.1) is 6.92 Å². The van der Waals surface area contributed by atoms with Crippen LogP contribution in [0.3, 0.4) is 0 Å². The van der Waals surface area contributed by atoms with Gasteiger partial charge in [0.25, 0.3) is 0 Å². The Morgan fingerprint density at radius 3 is 2.33 bits per heavy atom. The lowest BCUT2D eigenvalue weighted by molar-refractivity contribution is 0.397. The van der Waals surface area contributed by atoms with Crippen molar-refractivity contribution in [2.75, 3.05) is 7.11 Å². The first kappa shape index (κ1) is 13.1. The molecule has 0 aromatic carbocycles. The quantitative estimate of drug-likeness (QED) is 0.813. The molecule has 0 saturated carbocycles. The van der Waals surface area contributed by atoms with Crippen LogP contribution in [0.2, 0.25) is 10.3 Å². The first-order chi connectivity index (χ1) is 8.60. The fourth-order valence-corrected chi connectivity index (χ4v) is 1.82. The summed E-state index contributed by atoms with van der Waals surface area (Å²) in [6.45, 7) is 1.78. The first-order valence-electron chi connectivity index (χ1n) is 5.27. The molecular weight excluding hydrogens is 273 g/mol. The molecule has 0 aliphatic rings. The van der Waals surface area contributed by atoms with Crippen molar-refractivity contribution in [2.45, 2.75) is 13.3 Å². The zero-order valence-electron chi connectivity index (χ0n) is 9.94. The van der Waals surface area contributed by atoms with E-state index in [-0.39, 0.29) is 0 Å². The molecule has 2 aromatic rings. The second kappa shape index (κ2) is 5.50. The van der Waals surface area contributed by atoms with E-state index in [1.807, 2.05) is 6.07 Å². The Morgan fingerprint density at radius 1 is 1.17 bits per heavy atom. The third-order valence-electron chi connectivity index (χ3n) is 2.44. The van der Waals surface area contributed by atoms with Gasteiger partial charge in [-0.15, -0.1) is 0 Å². The molecule has 0 spiro atoms. The van der Waals surface area contributed by atoms with Crippen LogP contribution >= 0.6 is 23.2 Å². The van der Waals surface area contributed by atoms with E-state index >= 15 is 0 Å². The summed E-state index contributed by atoms with van der Waals surface area (Å²) in [5, 5.41) is 0.762. The standard InChI is InChI=1S/C12H11Cl2N3O/c1-7-11(13)16-9(17-12(7)14)5-8-3-4-10(18-2)15-6-8/h3-4,6H,5H2,1-2H3. The van der Waals surface area contributed by atoms with E-state index < -0.39 is 0 Å². The highest BCUT2D eigenvalue weighted by Crippen LogP contribution is 2.20. The molecule has 0 atom stereocenters. The van der Waals surface area contributed by atoms with Crippen molar-refractivity contribution in [2.24, 2.45) is 0 Å². The molecule has 0 unspecified atom stereocenters. The molecule has 0 aliphatic heterocycles. The smallest absolute Gasteiger partial charge is 0.212 e. The number of aromatic nitrogens is 3. The predicted octanol–water partition coefficient (Wildman–Crippen LogP) is 3.09. The number of methoxy groups -OCH3 is 1. The summed E-state index contributed by atoms with van der Waals surface area (Å²) < 4.78 is 4.99. The minimum atomic E-state index is 0.381. The van der Waals surface area contributed by atoms with Gasteiger partial charge in [0.15, 0.2) is 0 Å². The van der Waals surface area contributed by atoms with Gasteiger partial charge in [0.1, 0.15) is 16.1 Å². The molecule has 0 N–H and O–H groups in total. The van der Waals surface area contributed by atoms with Crippen LogP contribution in [0.15, 0.2) is 18.3 Å². The van der Waals surface area contributed by atoms with Crippen LogP contribution in [0.25, 0.3) is 0 Å². The van der Waals surface area contributed by atoms with Crippen LogP contribution in [-0.4, -0.2) is 22.1 Å². The number of ether oxygens (including phenoxy) is 1. The lowest BCUT2D eigenvalue weighted by atomic mass is 10.2. The fourth-order valence-electron chi connectivity index (χ4n) is 1.40. The number of hydrogen-bond acceptors (Lipinski definition) is 4. The van der Waals surface area contributed by atoms with E-state index in [9.17, 15) is 0 Å². The molecule has 0 fully saturated rings. The molecule has 2 rings (SSSR count). The molecular formula is C12H11Cl2N3O. The van der Waals surface area contributed by atoms with Crippen molar-refractivity contribution in [3.8, 4) is 5.88 Å². The van der Waals surface area contributed by atoms with Crippen LogP contribution in [0.4, 0.5) is 0 Å². The highest BCUT2D eigenvalue weighted by atomic mass is 35.5. The summed E-state index contributed by atoms with van der Waals surface area (Å²) >= 11 is 11.9. The molecule has 2 heterocycles. The van der Waals surface area contributed by atoms with Gasteiger partial charge in [0, 0.05) is 24.2 Å². The molecule has 2 aromatic heterocycles. The van der Waals surface area contributed by atoms with E-state index in [4.69, 9.17) is 27.9 Å². The lowest BCUT2D eigenvalue weighted by Gasteiger charge is -2.05. The van der Waals surface area contributed by atoms with Crippen LogP contribution < -0.4 is 4.74 Å². The lowest BCUT2D eigenvalue weighted by Crippen LogP contribution is -2.00. The normalized spacial score (nSPS) is 10.4. The van der Waals surface area contributed by atoms with E-state index in [1.54, 1.807) is 26.3 Å². The molecule has 4 nitrogen and oxygen atoms in total. The molecule has 18 heavy (non-hydrogen) atoms. The topological polar surface area (TPSA) is 47.9 Å². The number of pyridine rings is 1. The number of rotatable bonds is 3. The summed E-state index contributed by atoms with van der Waals surface area (Å²) in [7, 11) is 1.57. The maximum absolute atomic E-state index is 5.96. The Hall–Kier alpha value is -1.39. The average molecular weight is 284 g/mol. The minimum absolute atomic E-state index is 0.381. The zero-order chi connectivity index (χ0) is 13.1. The molecule has 0 radical (unpaired) electrons. The number of nitrogens with zero attached hydrogens (tertiary/aromatic N) is 3. The largest absolute Gasteiger partial charge is 0.481 e. The summed E-state index contributed by atoms with van der Waals surface area (Å²) in [4.78, 5) is 12.5. The van der Waals surface area contributed by atoms with Gasteiger partial charge in [-0.25, -0.2) is 15.0 Å². The first-order valence-corrected chi connectivity index (χ1v) is 6.03. The van der Waals surface area contributed by atoms with Gasteiger partial charge in [-0.3, -0.25) is 0 Å². The fraction of sp³-hybridized carbons (Fsp3) is 0.250. The molecule has 0 aliphatic carbocycles. The van der Waals surface area contributed by atoms with Gasteiger partial charge in [-0.2, -0.15) is 0 Å². The summed E-state index contributed by atoms with van der Waals surface area (Å²) in [6.07, 6.45) is 2.24. The van der Waals surface area contributed by atoms with Crippen LogP contribution in [0.1, 0.15) is 17.0 Å². The van der Waals surface area contributed by atoms with Crippen molar-refractivity contribution < 1.29 is 4.74 Å². The van der Waals surface area contributed by atoms with E-state index in [0.717, 1.165) is 5.56 Å². The second-order valence-electron chi connectivity index (χ2n) is 3.73. The van der Waals surface area contributed by atoms with Crippen molar-refractivity contribution in [3.63, 3.8) is 0 Å². The van der Waals surface area contributed by atoms with Gasteiger partial charge in [0.05, 0.1) is 7.11 Å². The molecule has 0 bridgehead atoms. The predicted molar refractivity (Wildman–Crippen MR) is 70.4 cm³/mol. The minimum Gasteiger partial charge on any atom is -0.481 e. The van der Waals surface area contributed by atoms with Crippen molar-refractivity contribution in [1.82, 2.24) is 15.0 Å². The van der Waals surface area contributed by atoms with Gasteiger partial charge in [-0.05, 0) is 12.5 Å². The zero-order valence-corrected chi connectivity index (χ0v) is 11.5. The average Bonchev–Trinajstić information content (AvgIpc) is 2.37. The monoisotopic (exact) mass is 283 g/mol. The Morgan fingerprint density at radius 2 is 1.83 bits per heavy atom. The molecule has 0 saturated heterocycles. The molecule has 0 amide bonds. The Bertz CT molecular complexity index is 535. The van der Waals surface area contributed by atoms with E-state index in [1.165, 1.54) is 0 Å². The van der Waals surface area contributed by atoms with Gasteiger partial charge < -0.3 is 4.74 Å². The Balaban J connectivity index is 2.23. The Kier molecular flexibility index (Phi) is 3.99.